The fourth-order valence-electron chi connectivity index (χ4n) is 13.5. The van der Waals surface area contributed by atoms with E-state index in [0.29, 0.717) is 22.8 Å². The Labute approximate surface area is 868 Å². The molecule has 0 unspecified atom stereocenters. The zero-order valence-electron chi connectivity index (χ0n) is 71.6. The first-order chi connectivity index (χ1) is 61.7. The van der Waals surface area contributed by atoms with E-state index in [2.05, 4.69) is 200 Å². The van der Waals surface area contributed by atoms with Gasteiger partial charge in [0.25, 0.3) is 5.78 Å². The maximum absolute atomic E-state index is 14.2. The van der Waals surface area contributed by atoms with Crippen LogP contribution in [0.15, 0.2) is 364 Å². The van der Waals surface area contributed by atoms with Crippen molar-refractivity contribution < 1.29 is 190 Å². The van der Waals surface area contributed by atoms with Crippen molar-refractivity contribution in [2.75, 3.05) is 0 Å². The first-order valence-electron chi connectivity index (χ1n) is 40.2. The Morgan fingerprint density at radius 3 is 1.12 bits per heavy atom. The largest absolute Gasteiger partial charge is 2.00 e. The number of benzene rings is 10. The number of allylic oxidation sites excluding steroid dienone is 3. The molecule has 25 heteroatoms. The van der Waals surface area contributed by atoms with Crippen molar-refractivity contribution in [3.05, 3.63) is 446 Å². The van der Waals surface area contributed by atoms with Crippen LogP contribution in [-0.2, 0) is 82.7 Å². The minimum atomic E-state index is -4.96. The topological polar surface area (TPSA) is 191 Å². The Morgan fingerprint density at radius 2 is 0.737 bits per heavy atom. The third-order valence-corrected chi connectivity index (χ3v) is 20.1. The van der Waals surface area contributed by atoms with E-state index < -0.39 is 46.4 Å². The van der Waals surface area contributed by atoms with Gasteiger partial charge >= 0.3 is 48.3 Å². The monoisotopic (exact) mass is 2600 g/mol. The summed E-state index contributed by atoms with van der Waals surface area (Å²) in [5, 5.41) is 26.9. The van der Waals surface area contributed by atoms with Crippen molar-refractivity contribution >= 4 is 82.5 Å². The van der Waals surface area contributed by atoms with E-state index in [1.54, 1.807) is 67.3 Å². The molecule has 9 heterocycles. The van der Waals surface area contributed by atoms with Gasteiger partial charge in [-0.2, -0.15) is 13.2 Å². The number of carbonyl (C=O) groups is 2. The molecule has 0 spiro atoms. The minimum Gasteiger partial charge on any atom is -0.512 e. The van der Waals surface area contributed by atoms with Gasteiger partial charge in [-0.1, -0.05) is 205 Å². The first-order valence-corrected chi connectivity index (χ1v) is 40.2. The van der Waals surface area contributed by atoms with Crippen molar-refractivity contribution in [1.82, 2.24) is 44.9 Å². The summed E-state index contributed by atoms with van der Waals surface area (Å²) in [5.41, 5.74) is 12.7. The molecule has 0 saturated carbocycles. The van der Waals surface area contributed by atoms with E-state index in [4.69, 9.17) is 15.1 Å². The second-order valence-corrected chi connectivity index (χ2v) is 30.0. The predicted molar refractivity (Wildman–Crippen MR) is 491 cm³/mol. The number of fused-ring (bicyclic) bond motifs is 8. The van der Waals surface area contributed by atoms with Crippen LogP contribution < -0.4 is 0 Å². The Balaban J connectivity index is 0.000000197. The number of aromatic nitrogens is 9. The van der Waals surface area contributed by atoms with Crippen molar-refractivity contribution in [3.8, 4) is 56.3 Å². The van der Waals surface area contributed by atoms with Gasteiger partial charge in [-0.05, 0) is 135 Å². The van der Waals surface area contributed by atoms with Crippen LogP contribution in [0, 0.1) is 130 Å². The van der Waals surface area contributed by atoms with Crippen molar-refractivity contribution in [2.45, 2.75) is 58.5 Å². The van der Waals surface area contributed by atoms with Gasteiger partial charge in [-0.25, -0.2) is 0 Å². The van der Waals surface area contributed by atoms with Gasteiger partial charge in [0.2, 0.25) is 0 Å². The second kappa shape index (κ2) is 50.6. The van der Waals surface area contributed by atoms with Gasteiger partial charge in [-0.3, -0.25) is 47.1 Å². The zero-order chi connectivity index (χ0) is 90.3. The molecule has 10 aromatic carbocycles. The number of rotatable bonds is 12. The van der Waals surface area contributed by atoms with E-state index in [9.17, 15) is 45.4 Å². The first kappa shape index (κ1) is 107. The number of halogens is 7. The van der Waals surface area contributed by atoms with Gasteiger partial charge < -0.3 is 35.1 Å². The quantitative estimate of drug-likeness (QED) is 0.0387. The van der Waals surface area contributed by atoms with Crippen LogP contribution in [0.4, 0.5) is 30.7 Å². The molecule has 133 heavy (non-hydrogen) atoms. The van der Waals surface area contributed by atoms with Gasteiger partial charge in [0.05, 0.1) is 27.8 Å². The molecule has 9 aromatic heterocycles. The summed E-state index contributed by atoms with van der Waals surface area (Å²) in [6.07, 6.45) is 5.44. The average Bonchev–Trinajstić information content (AvgIpc) is 0.757. The smallest absolute Gasteiger partial charge is 0.512 e. The van der Waals surface area contributed by atoms with E-state index in [-0.39, 0.29) is 179 Å². The third-order valence-electron chi connectivity index (χ3n) is 20.1. The summed E-state index contributed by atoms with van der Waals surface area (Å²) in [6.45, 7) is 10.9. The summed E-state index contributed by atoms with van der Waals surface area (Å²) in [7, 11) is 0. The van der Waals surface area contributed by atoms with E-state index in [0.717, 1.165) is 113 Å². The number of nitrogens with zero attached hydrogens (tertiary/aromatic N) is 9. The number of aliphatic hydroxyl groups excluding tert-OH is 2. The molecule has 19 rings (SSSR count). The number of aliphatic hydroxyl groups is 2. The van der Waals surface area contributed by atoms with Gasteiger partial charge in [0, 0.05) is 224 Å². The molecule has 0 bridgehead atoms. The molecule has 0 saturated heterocycles. The summed E-state index contributed by atoms with van der Waals surface area (Å²) >= 11 is 0. The maximum atomic E-state index is 14.2. The SMILES string of the molecule is CC(=O)C=C(C)O.CC(C)(c1cccc(-c2[c-]cc(F)cc2F)n1)c1cccc(-c2[c-]cc(F)cc2F)n1.CC(C)(c1cccc(-c2[c-]cccc2)n1)c1cccc(-c2[c-]cccc2)n1.O=C(C=C(O)c1ccccc1)C(F)(F)F.[Dy].[Ir].[Pt+2].[Pt+2].[Tb].[c-]1cc2ccccc2cc1-c1nccc2ccccc12.c1cnc2c(c1)ccc1cccnc12.c1cnc2c(c1)ccc1cccnc12. The van der Waals surface area contributed by atoms with Crippen molar-refractivity contribution in [2.24, 2.45) is 0 Å². The summed E-state index contributed by atoms with van der Waals surface area (Å²) < 4.78 is 90.3. The summed E-state index contributed by atoms with van der Waals surface area (Å²) in [6, 6.07) is 112. The predicted octanol–water partition coefficient (Wildman–Crippen LogP) is 26.2. The van der Waals surface area contributed by atoms with E-state index in [1.807, 2.05) is 123 Å². The van der Waals surface area contributed by atoms with Crippen LogP contribution in [0.1, 0.15) is 69.9 Å². The van der Waals surface area contributed by atoms with Crippen LogP contribution in [0.2, 0.25) is 0 Å². The third kappa shape index (κ3) is 28.6. The van der Waals surface area contributed by atoms with Crippen LogP contribution in [0.5, 0.6) is 0 Å². The number of pyridine rings is 9. The minimum absolute atomic E-state index is 0. The number of hydrogen-bond acceptors (Lipinski definition) is 13. The molecule has 0 aliphatic rings. The molecule has 0 aliphatic heterocycles. The number of ketones is 2. The molecule has 0 fully saturated rings. The zero-order valence-corrected chi connectivity index (χ0v) is 82.7. The Bertz CT molecular complexity index is 6810. The maximum Gasteiger partial charge on any atom is 2.00 e. The molecule has 2 N–H and O–H groups in total. The molecule has 0 amide bonds. The van der Waals surface area contributed by atoms with Crippen LogP contribution in [0.25, 0.3) is 127 Å². The number of hydrogen-bond donors (Lipinski definition) is 2. The molecule has 0 atom stereocenters. The van der Waals surface area contributed by atoms with Crippen LogP contribution in [0.3, 0.4) is 0 Å². The molecule has 2 radical (unpaired) electrons. The van der Waals surface area contributed by atoms with Crippen LogP contribution >= 0.6 is 0 Å². The Hall–Kier alpha value is -11.4. The standard InChI is InChI=1S/C25H16F4N2.C25H20N2.C19H12N.2C12H8N2.C10H7F3O2.C5H8O2.Dy.Ir.2Pt.Tb/c1-25(2,23-7-3-5-21(30-23)17-11-9-15(26)13-19(17)28)24-8-4-6-22(31-24)18-12-10-16(27)14-20(18)29;1-25(2,23-17-9-15-21(26-23)19-11-5-3-6-12-19)24-18-10-16-22(27-24)20-13-7-4-8-14-20;1-2-7-16-13-17(10-9-14(16)5-1)19-18-8-4-3-6-15(18)11-12-20-19;2*1-3-9-5-6-10-4-2-8-14-12(10)11(9)13-7-1;11-10(12,13)9(15)6-8(14)7-4-2-1-3-5-7;1-4(6)3-5(2)7;;;;;/h3-10,13-14H,1-2H3;3-11,13,15-18H,1-2H3;1-9,11-13H;2*1-8H;1-6,14H;3,6H,1-2H3;;;;;/q2*-2;-1;;;;;;;2*+2;. The fourth-order valence-corrected chi connectivity index (χ4v) is 13.5. The summed E-state index contributed by atoms with van der Waals surface area (Å²) in [4.78, 5) is 61.4. The molecular weight excluding hydrogens is 2520 g/mol. The second-order valence-electron chi connectivity index (χ2n) is 30.0. The molecule has 678 valence electrons. The molecular formula is C108H79DyF7IrN9O4Pt2Tb-. The van der Waals surface area contributed by atoms with Gasteiger partial charge in [0.1, 0.15) is 5.76 Å². The van der Waals surface area contributed by atoms with Gasteiger partial charge in [-0.15, -0.1) is 125 Å². The fraction of sp³-hybridized carbons (Fsp3) is 0.0833. The molecule has 19 aromatic rings. The van der Waals surface area contributed by atoms with E-state index in [1.165, 1.54) is 65.7 Å². The Morgan fingerprint density at radius 1 is 0.361 bits per heavy atom. The van der Waals surface area contributed by atoms with Gasteiger partial charge in [0.15, 0.2) is 5.78 Å². The van der Waals surface area contributed by atoms with Crippen molar-refractivity contribution in [1.29, 1.82) is 0 Å². The molecule has 13 nitrogen and oxygen atoms in total. The Kier molecular flexibility index (Phi) is 40.7. The normalized spacial score (nSPS) is 11.0. The average molecular weight is 2600 g/mol. The van der Waals surface area contributed by atoms with Crippen LogP contribution in [-0.4, -0.2) is 72.8 Å². The van der Waals surface area contributed by atoms with Crippen molar-refractivity contribution in [3.63, 3.8) is 0 Å². The van der Waals surface area contributed by atoms with E-state index >= 15 is 0 Å². The molecule has 0 aliphatic carbocycles. The summed E-state index contributed by atoms with van der Waals surface area (Å²) in [5.74, 6) is -5.80. The number of alkyl halides is 3. The number of carbonyl (C=O) groups excluding carboxylic acids is 2.